The molecule has 0 amide bonds. The lowest BCUT2D eigenvalue weighted by Crippen LogP contribution is -2.07. The number of aryl methyl sites for hydroxylation is 1. The van der Waals surface area contributed by atoms with Crippen molar-refractivity contribution in [1.29, 1.82) is 0 Å². The van der Waals surface area contributed by atoms with Gasteiger partial charge in [0.15, 0.2) is 16.8 Å². The number of carbonyl (C=O) groups is 1. The summed E-state index contributed by atoms with van der Waals surface area (Å²) in [6.07, 6.45) is 2.45. The van der Waals surface area contributed by atoms with Crippen LogP contribution < -0.4 is 0 Å². The fraction of sp³-hybridized carbons (Fsp3) is 0.381. The van der Waals surface area contributed by atoms with Crippen LogP contribution in [0.1, 0.15) is 47.6 Å². The average Bonchev–Trinajstić information content (AvgIpc) is 3.35. The summed E-state index contributed by atoms with van der Waals surface area (Å²) >= 11 is 1.47. The van der Waals surface area contributed by atoms with Crippen molar-refractivity contribution in [1.82, 2.24) is 19.3 Å². The number of benzene rings is 1. The molecule has 1 aliphatic carbocycles. The normalized spacial score (nSPS) is 13.9. The molecule has 0 saturated heterocycles. The van der Waals surface area contributed by atoms with Gasteiger partial charge in [-0.1, -0.05) is 42.1 Å². The van der Waals surface area contributed by atoms with Gasteiger partial charge in [0.1, 0.15) is 0 Å². The van der Waals surface area contributed by atoms with Crippen molar-refractivity contribution in [2.75, 3.05) is 5.75 Å². The van der Waals surface area contributed by atoms with E-state index < -0.39 is 0 Å². The zero-order chi connectivity index (χ0) is 19.0. The molecule has 0 bridgehead atoms. The van der Waals surface area contributed by atoms with E-state index in [1.54, 1.807) is 0 Å². The first-order valence-corrected chi connectivity index (χ1v) is 10.4. The maximum Gasteiger partial charge on any atom is 0.191 e. The Balaban J connectivity index is 1.52. The Labute approximate surface area is 163 Å². The van der Waals surface area contributed by atoms with Crippen molar-refractivity contribution in [3.05, 3.63) is 53.3 Å². The van der Waals surface area contributed by atoms with E-state index in [1.165, 1.54) is 30.3 Å². The summed E-state index contributed by atoms with van der Waals surface area (Å²) in [6.45, 7) is 7.00. The topological polar surface area (TPSA) is 52.7 Å². The number of aromatic nitrogens is 4. The number of Topliss-reactive ketones (excluding diaryl/α,β-unsaturated/α-hetero) is 1. The van der Waals surface area contributed by atoms with Gasteiger partial charge in [-0.15, -0.1) is 10.2 Å². The summed E-state index contributed by atoms with van der Waals surface area (Å²) in [5.41, 5.74) is 4.17. The van der Waals surface area contributed by atoms with Crippen LogP contribution in [0.2, 0.25) is 0 Å². The molecule has 27 heavy (non-hydrogen) atoms. The molecule has 0 aliphatic heterocycles. The van der Waals surface area contributed by atoms with Crippen molar-refractivity contribution >= 4 is 17.5 Å². The third-order valence-electron chi connectivity index (χ3n) is 5.09. The summed E-state index contributed by atoms with van der Waals surface area (Å²) in [4.78, 5) is 12.8. The molecule has 0 atom stereocenters. The van der Waals surface area contributed by atoms with Crippen molar-refractivity contribution < 1.29 is 4.79 Å². The van der Waals surface area contributed by atoms with Gasteiger partial charge in [-0.05, 0) is 39.7 Å². The van der Waals surface area contributed by atoms with Crippen LogP contribution in [0.4, 0.5) is 0 Å². The lowest BCUT2D eigenvalue weighted by Gasteiger charge is -2.08. The average molecular weight is 381 g/mol. The zero-order valence-corrected chi connectivity index (χ0v) is 16.8. The Kier molecular flexibility index (Phi) is 4.91. The van der Waals surface area contributed by atoms with Gasteiger partial charge < -0.3 is 9.13 Å². The molecule has 0 radical (unpaired) electrons. The van der Waals surface area contributed by atoms with Crippen molar-refractivity contribution in [2.24, 2.45) is 0 Å². The number of rotatable bonds is 7. The lowest BCUT2D eigenvalue weighted by molar-refractivity contribution is 0.102. The molecule has 0 N–H and O–H groups in total. The van der Waals surface area contributed by atoms with E-state index in [0.717, 1.165) is 34.3 Å². The second kappa shape index (κ2) is 7.35. The molecule has 1 aromatic carbocycles. The van der Waals surface area contributed by atoms with Crippen molar-refractivity contribution in [3.8, 4) is 11.4 Å². The fourth-order valence-electron chi connectivity index (χ4n) is 3.64. The summed E-state index contributed by atoms with van der Waals surface area (Å²) in [7, 11) is 0. The highest BCUT2D eigenvalue weighted by molar-refractivity contribution is 7.99. The maximum absolute atomic E-state index is 12.8. The molecule has 1 saturated carbocycles. The van der Waals surface area contributed by atoms with Gasteiger partial charge in [-0.2, -0.15) is 0 Å². The first-order chi connectivity index (χ1) is 13.1. The smallest absolute Gasteiger partial charge is 0.191 e. The third-order valence-corrected chi connectivity index (χ3v) is 6.06. The predicted molar refractivity (Wildman–Crippen MR) is 108 cm³/mol. The van der Waals surface area contributed by atoms with Crippen molar-refractivity contribution in [3.63, 3.8) is 0 Å². The lowest BCUT2D eigenvalue weighted by atomic mass is 10.2. The molecule has 140 valence electrons. The monoisotopic (exact) mass is 380 g/mol. The SMILES string of the molecule is CCn1c(SCC(=O)c2cc(C)n(C3CC3)c2C)nnc1-c1ccccc1. The molecular formula is C21H24N4OS. The van der Waals surface area contributed by atoms with Crippen molar-refractivity contribution in [2.45, 2.75) is 51.4 Å². The number of thioether (sulfide) groups is 1. The molecule has 4 rings (SSSR count). The molecule has 2 heterocycles. The number of carbonyl (C=O) groups excluding carboxylic acids is 1. The Morgan fingerprint density at radius 1 is 1.19 bits per heavy atom. The molecular weight excluding hydrogens is 356 g/mol. The highest BCUT2D eigenvalue weighted by atomic mass is 32.2. The van der Waals surface area contributed by atoms with E-state index >= 15 is 0 Å². The minimum atomic E-state index is 0.159. The van der Waals surface area contributed by atoms with Crippen LogP contribution >= 0.6 is 11.8 Å². The largest absolute Gasteiger partial charge is 0.345 e. The molecule has 1 aliphatic rings. The molecule has 0 unspecified atom stereocenters. The molecule has 2 aromatic heterocycles. The molecule has 5 nitrogen and oxygen atoms in total. The van der Waals surface area contributed by atoms with Crippen LogP contribution in [-0.4, -0.2) is 30.9 Å². The van der Waals surface area contributed by atoms with Crippen LogP contribution in [-0.2, 0) is 6.54 Å². The van der Waals surface area contributed by atoms with E-state index in [4.69, 9.17) is 0 Å². The first-order valence-electron chi connectivity index (χ1n) is 9.43. The Morgan fingerprint density at radius 2 is 1.93 bits per heavy atom. The van der Waals surface area contributed by atoms with Crippen LogP contribution in [0.25, 0.3) is 11.4 Å². The third kappa shape index (κ3) is 3.46. The van der Waals surface area contributed by atoms with Crippen LogP contribution in [0.3, 0.4) is 0 Å². The van der Waals surface area contributed by atoms with Gasteiger partial charge in [-0.25, -0.2) is 0 Å². The minimum absolute atomic E-state index is 0.159. The number of nitrogens with zero attached hydrogens (tertiary/aromatic N) is 4. The molecule has 6 heteroatoms. The summed E-state index contributed by atoms with van der Waals surface area (Å²) < 4.78 is 4.39. The number of ketones is 1. The zero-order valence-electron chi connectivity index (χ0n) is 16.0. The highest BCUT2D eigenvalue weighted by Gasteiger charge is 2.28. The van der Waals surface area contributed by atoms with Gasteiger partial charge in [0.2, 0.25) is 0 Å². The predicted octanol–water partition coefficient (Wildman–Crippen LogP) is 4.69. The first kappa shape index (κ1) is 18.0. The summed E-state index contributed by atoms with van der Waals surface area (Å²) in [6, 6.07) is 12.7. The van der Waals surface area contributed by atoms with Gasteiger partial charge in [0, 0.05) is 35.1 Å². The fourth-order valence-corrected chi connectivity index (χ4v) is 4.53. The van der Waals surface area contributed by atoms with Crippen LogP contribution in [0.15, 0.2) is 41.6 Å². The van der Waals surface area contributed by atoms with E-state index in [2.05, 4.69) is 40.1 Å². The number of hydrogen-bond acceptors (Lipinski definition) is 4. The minimum Gasteiger partial charge on any atom is -0.345 e. The quantitative estimate of drug-likeness (QED) is 0.441. The Hall–Kier alpha value is -2.34. The van der Waals surface area contributed by atoms with Gasteiger partial charge in [-0.3, -0.25) is 4.79 Å². The van der Waals surface area contributed by atoms with E-state index in [0.29, 0.717) is 11.8 Å². The summed E-state index contributed by atoms with van der Waals surface area (Å²) in [5.74, 6) is 1.38. The van der Waals surface area contributed by atoms with Gasteiger partial charge in [0.25, 0.3) is 0 Å². The molecule has 3 aromatic rings. The highest BCUT2D eigenvalue weighted by Crippen LogP contribution is 2.38. The number of hydrogen-bond donors (Lipinski definition) is 0. The second-order valence-corrected chi connectivity index (χ2v) is 7.96. The summed E-state index contributed by atoms with van der Waals surface area (Å²) in [5, 5.41) is 9.48. The van der Waals surface area contributed by atoms with Gasteiger partial charge in [0.05, 0.1) is 5.75 Å². The van der Waals surface area contributed by atoms with E-state index in [1.807, 2.05) is 36.4 Å². The molecule has 0 spiro atoms. The van der Waals surface area contributed by atoms with Crippen LogP contribution in [0, 0.1) is 13.8 Å². The second-order valence-electron chi connectivity index (χ2n) is 7.01. The Bertz CT molecular complexity index is 970. The molecule has 1 fully saturated rings. The Morgan fingerprint density at radius 3 is 2.59 bits per heavy atom. The van der Waals surface area contributed by atoms with E-state index in [-0.39, 0.29) is 5.78 Å². The van der Waals surface area contributed by atoms with E-state index in [9.17, 15) is 4.79 Å². The van der Waals surface area contributed by atoms with Gasteiger partial charge >= 0.3 is 0 Å². The maximum atomic E-state index is 12.8. The standard InChI is InChI=1S/C21H24N4OS/c1-4-24-20(16-8-6-5-7-9-16)22-23-21(24)27-13-19(26)18-12-14(2)25(15(18)3)17-10-11-17/h5-9,12,17H,4,10-11,13H2,1-3H3. The van der Waals surface area contributed by atoms with Crippen LogP contribution in [0.5, 0.6) is 0 Å².